The van der Waals surface area contributed by atoms with Gasteiger partial charge in [0.2, 0.25) is 6.79 Å². The summed E-state index contributed by atoms with van der Waals surface area (Å²) in [6, 6.07) is 4.23. The molecule has 2 aromatic rings. The average Bonchev–Trinajstić information content (AvgIpc) is 3.14. The summed E-state index contributed by atoms with van der Waals surface area (Å²) in [7, 11) is 0. The van der Waals surface area contributed by atoms with Gasteiger partial charge in [-0.3, -0.25) is 20.0 Å². The SMILES string of the molecule is Cc1cc(C(=O)NN=Cc2cc3c(cc2[N+](=O)[O-])OCO3)n[nH]1. The molecule has 0 radical (unpaired) electrons. The molecule has 0 fully saturated rings. The van der Waals surface area contributed by atoms with Gasteiger partial charge in [0.1, 0.15) is 0 Å². The number of H-pyrrole nitrogens is 1. The summed E-state index contributed by atoms with van der Waals surface area (Å²) in [5.74, 6) is 0.144. The molecule has 1 aromatic carbocycles. The summed E-state index contributed by atoms with van der Waals surface area (Å²) in [6.45, 7) is 1.76. The van der Waals surface area contributed by atoms with Crippen LogP contribution in [-0.2, 0) is 0 Å². The smallest absolute Gasteiger partial charge is 0.291 e. The largest absolute Gasteiger partial charge is 0.454 e. The molecule has 118 valence electrons. The minimum atomic E-state index is -0.567. The van der Waals surface area contributed by atoms with E-state index >= 15 is 0 Å². The van der Waals surface area contributed by atoms with Gasteiger partial charge in [0.15, 0.2) is 17.2 Å². The minimum absolute atomic E-state index is 0.00231. The van der Waals surface area contributed by atoms with E-state index in [-0.39, 0.29) is 23.7 Å². The van der Waals surface area contributed by atoms with Crippen molar-refractivity contribution < 1.29 is 19.2 Å². The molecule has 0 spiro atoms. The maximum Gasteiger partial charge on any atom is 0.291 e. The van der Waals surface area contributed by atoms with Crippen LogP contribution in [0.5, 0.6) is 11.5 Å². The number of nitrogens with zero attached hydrogens (tertiary/aromatic N) is 3. The van der Waals surface area contributed by atoms with Gasteiger partial charge in [-0.2, -0.15) is 10.2 Å². The van der Waals surface area contributed by atoms with Crippen molar-refractivity contribution in [2.24, 2.45) is 5.10 Å². The van der Waals surface area contributed by atoms with Gasteiger partial charge in [-0.1, -0.05) is 0 Å². The molecule has 1 aliphatic rings. The summed E-state index contributed by atoms with van der Waals surface area (Å²) in [5, 5.41) is 21.2. The Labute approximate surface area is 129 Å². The van der Waals surface area contributed by atoms with E-state index < -0.39 is 10.8 Å². The van der Waals surface area contributed by atoms with E-state index in [0.717, 1.165) is 11.9 Å². The fourth-order valence-electron chi connectivity index (χ4n) is 1.96. The highest BCUT2D eigenvalue weighted by atomic mass is 16.7. The van der Waals surface area contributed by atoms with Crippen LogP contribution in [0.4, 0.5) is 5.69 Å². The van der Waals surface area contributed by atoms with Crippen LogP contribution < -0.4 is 14.9 Å². The first kappa shape index (κ1) is 14.5. The summed E-state index contributed by atoms with van der Waals surface area (Å²) in [5.41, 5.74) is 3.11. The van der Waals surface area contributed by atoms with Crippen LogP contribution in [0.15, 0.2) is 23.3 Å². The highest BCUT2D eigenvalue weighted by molar-refractivity contribution is 5.94. The number of fused-ring (bicyclic) bond motifs is 1. The van der Waals surface area contributed by atoms with Crippen LogP contribution in [-0.4, -0.2) is 34.0 Å². The second-order valence-electron chi connectivity index (χ2n) is 4.66. The molecule has 1 amide bonds. The maximum absolute atomic E-state index is 11.8. The Bertz CT molecular complexity index is 813. The molecule has 0 atom stereocenters. The molecular weight excluding hydrogens is 306 g/mol. The van der Waals surface area contributed by atoms with Crippen LogP contribution in [0.1, 0.15) is 21.7 Å². The van der Waals surface area contributed by atoms with Crippen molar-refractivity contribution >= 4 is 17.8 Å². The van der Waals surface area contributed by atoms with Gasteiger partial charge in [-0.25, -0.2) is 5.43 Å². The van der Waals surface area contributed by atoms with Gasteiger partial charge in [0.25, 0.3) is 11.6 Å². The van der Waals surface area contributed by atoms with Gasteiger partial charge in [-0.15, -0.1) is 0 Å². The highest BCUT2D eigenvalue weighted by Gasteiger charge is 2.22. The van der Waals surface area contributed by atoms with Crippen LogP contribution >= 0.6 is 0 Å². The van der Waals surface area contributed by atoms with Crippen molar-refractivity contribution in [1.29, 1.82) is 0 Å². The topological polar surface area (TPSA) is 132 Å². The number of hydrogen-bond acceptors (Lipinski definition) is 7. The fourth-order valence-corrected chi connectivity index (χ4v) is 1.96. The van der Waals surface area contributed by atoms with Gasteiger partial charge in [0.05, 0.1) is 22.8 Å². The molecule has 3 rings (SSSR count). The lowest BCUT2D eigenvalue weighted by molar-refractivity contribution is -0.385. The predicted octanol–water partition coefficient (Wildman–Crippen LogP) is 1.12. The van der Waals surface area contributed by atoms with E-state index in [1.165, 1.54) is 12.1 Å². The van der Waals surface area contributed by atoms with Crippen LogP contribution in [0.3, 0.4) is 0 Å². The normalized spacial score (nSPS) is 12.6. The quantitative estimate of drug-likeness (QED) is 0.493. The van der Waals surface area contributed by atoms with E-state index in [0.29, 0.717) is 11.5 Å². The van der Waals surface area contributed by atoms with Crippen LogP contribution in [0, 0.1) is 17.0 Å². The molecule has 0 saturated carbocycles. The Balaban J connectivity index is 1.79. The third-order valence-corrected chi connectivity index (χ3v) is 3.03. The summed E-state index contributed by atoms with van der Waals surface area (Å²) < 4.78 is 10.3. The third-order valence-electron chi connectivity index (χ3n) is 3.03. The van der Waals surface area contributed by atoms with Crippen molar-refractivity contribution in [2.45, 2.75) is 6.92 Å². The molecule has 10 nitrogen and oxygen atoms in total. The van der Waals surface area contributed by atoms with Gasteiger partial charge in [0, 0.05) is 5.69 Å². The number of carbonyl (C=O) groups is 1. The zero-order chi connectivity index (χ0) is 16.4. The summed E-state index contributed by atoms with van der Waals surface area (Å²) in [4.78, 5) is 22.3. The average molecular weight is 317 g/mol. The predicted molar refractivity (Wildman–Crippen MR) is 77.6 cm³/mol. The van der Waals surface area contributed by atoms with Crippen molar-refractivity contribution in [3.05, 3.63) is 45.3 Å². The van der Waals surface area contributed by atoms with Crippen LogP contribution in [0.2, 0.25) is 0 Å². The van der Waals surface area contributed by atoms with Crippen molar-refractivity contribution in [2.75, 3.05) is 6.79 Å². The molecule has 2 N–H and O–H groups in total. The molecule has 10 heteroatoms. The molecule has 0 bridgehead atoms. The van der Waals surface area contributed by atoms with Gasteiger partial charge >= 0.3 is 0 Å². The molecule has 1 aliphatic heterocycles. The minimum Gasteiger partial charge on any atom is -0.454 e. The lowest BCUT2D eigenvalue weighted by atomic mass is 10.1. The zero-order valence-electron chi connectivity index (χ0n) is 11.9. The Morgan fingerprint density at radius 3 is 2.83 bits per heavy atom. The monoisotopic (exact) mass is 317 g/mol. The van der Waals surface area contributed by atoms with Gasteiger partial charge in [-0.05, 0) is 19.1 Å². The number of nitro groups is 1. The van der Waals surface area contributed by atoms with E-state index in [1.807, 2.05) is 0 Å². The summed E-state index contributed by atoms with van der Waals surface area (Å²) >= 11 is 0. The number of nitro benzene ring substituents is 1. The fraction of sp³-hybridized carbons (Fsp3) is 0.154. The second kappa shape index (κ2) is 5.75. The first-order chi connectivity index (χ1) is 11.0. The molecule has 1 aromatic heterocycles. The Hall–Kier alpha value is -3.43. The second-order valence-corrected chi connectivity index (χ2v) is 4.66. The molecule has 23 heavy (non-hydrogen) atoms. The van der Waals surface area contributed by atoms with Crippen molar-refractivity contribution in [1.82, 2.24) is 15.6 Å². The number of carbonyl (C=O) groups excluding carboxylic acids is 1. The number of hydrazone groups is 1. The lowest BCUT2D eigenvalue weighted by Crippen LogP contribution is -2.18. The summed E-state index contributed by atoms with van der Waals surface area (Å²) in [6.07, 6.45) is 1.16. The highest BCUT2D eigenvalue weighted by Crippen LogP contribution is 2.37. The zero-order valence-corrected chi connectivity index (χ0v) is 11.9. The molecule has 0 unspecified atom stereocenters. The number of amides is 1. The van der Waals surface area contributed by atoms with E-state index in [4.69, 9.17) is 9.47 Å². The van der Waals surface area contributed by atoms with Gasteiger partial charge < -0.3 is 9.47 Å². The molecular formula is C13H11N5O5. The third kappa shape index (κ3) is 2.95. The number of nitrogens with one attached hydrogen (secondary N) is 2. The van der Waals surface area contributed by atoms with Crippen LogP contribution in [0.25, 0.3) is 0 Å². The van der Waals surface area contributed by atoms with E-state index in [9.17, 15) is 14.9 Å². The molecule has 2 heterocycles. The molecule has 0 saturated heterocycles. The number of aromatic amines is 1. The van der Waals surface area contributed by atoms with E-state index in [2.05, 4.69) is 20.7 Å². The number of aromatic nitrogens is 2. The Morgan fingerprint density at radius 2 is 2.17 bits per heavy atom. The maximum atomic E-state index is 11.8. The first-order valence-corrected chi connectivity index (χ1v) is 6.48. The Kier molecular flexibility index (Phi) is 3.63. The van der Waals surface area contributed by atoms with Crippen molar-refractivity contribution in [3.63, 3.8) is 0 Å². The first-order valence-electron chi connectivity index (χ1n) is 6.48. The number of benzene rings is 1. The Morgan fingerprint density at radius 1 is 1.43 bits per heavy atom. The standard InChI is InChI=1S/C13H11N5O5/c1-7-2-9(16-15-7)13(19)17-14-5-8-3-11-12(23-6-22-11)4-10(8)18(20)21/h2-5H,6H2,1H3,(H,15,16)(H,17,19). The lowest BCUT2D eigenvalue weighted by Gasteiger charge is -2.00. The van der Waals surface area contributed by atoms with E-state index in [1.54, 1.807) is 13.0 Å². The number of hydrogen-bond donors (Lipinski definition) is 2. The molecule has 0 aliphatic carbocycles. The number of ether oxygens (including phenoxy) is 2. The number of rotatable bonds is 4. The number of aryl methyl sites for hydroxylation is 1. The van der Waals surface area contributed by atoms with Crippen molar-refractivity contribution in [3.8, 4) is 11.5 Å².